The van der Waals surface area contributed by atoms with Gasteiger partial charge in [-0.1, -0.05) is 24.3 Å². The van der Waals surface area contributed by atoms with Gasteiger partial charge in [0, 0.05) is 25.6 Å². The van der Waals surface area contributed by atoms with Crippen molar-refractivity contribution in [3.63, 3.8) is 0 Å². The maximum Gasteiger partial charge on any atom is 0.245 e. The molecule has 1 atom stereocenters. The summed E-state index contributed by atoms with van der Waals surface area (Å²) < 4.78 is 45.5. The van der Waals surface area contributed by atoms with Crippen LogP contribution in [0, 0.1) is 11.7 Å². The van der Waals surface area contributed by atoms with Crippen molar-refractivity contribution in [2.45, 2.75) is 23.8 Å². The molecule has 2 aromatic carbocycles. The van der Waals surface area contributed by atoms with Crippen LogP contribution in [0.25, 0.3) is 0 Å². The fourth-order valence-electron chi connectivity index (χ4n) is 3.44. The molecule has 0 radical (unpaired) electrons. The van der Waals surface area contributed by atoms with E-state index in [1.165, 1.54) is 22.5 Å². The van der Waals surface area contributed by atoms with Crippen LogP contribution in [0.15, 0.2) is 53.4 Å². The van der Waals surface area contributed by atoms with Crippen molar-refractivity contribution in [1.82, 2.24) is 9.62 Å². The molecule has 162 valence electrons. The molecule has 1 fully saturated rings. The van der Waals surface area contributed by atoms with Crippen LogP contribution in [0.3, 0.4) is 0 Å². The van der Waals surface area contributed by atoms with E-state index in [0.717, 1.165) is 6.07 Å². The molecule has 30 heavy (non-hydrogen) atoms. The number of sulfonamides is 1. The molecule has 0 aliphatic carbocycles. The third-order valence-corrected chi connectivity index (χ3v) is 7.18. The predicted molar refractivity (Wildman–Crippen MR) is 109 cm³/mol. The number of piperidine rings is 1. The van der Waals surface area contributed by atoms with Crippen molar-refractivity contribution in [3.05, 3.63) is 59.9 Å². The normalized spacial score (nSPS) is 16.8. The van der Waals surface area contributed by atoms with Gasteiger partial charge in [-0.3, -0.25) is 4.79 Å². The highest BCUT2D eigenvalue weighted by Gasteiger charge is 2.33. The van der Waals surface area contributed by atoms with Crippen LogP contribution in [-0.2, 0) is 14.8 Å². The lowest BCUT2D eigenvalue weighted by molar-refractivity contribution is -0.126. The molecule has 0 bridgehead atoms. The lowest BCUT2D eigenvalue weighted by Crippen LogP contribution is -2.43. The van der Waals surface area contributed by atoms with E-state index in [4.69, 9.17) is 4.74 Å². The second-order valence-corrected chi connectivity index (χ2v) is 9.05. The number of nitrogens with zero attached hydrogens (tertiary/aromatic N) is 1. The van der Waals surface area contributed by atoms with Crippen molar-refractivity contribution >= 4 is 15.9 Å². The number of carbonyl (C=O) groups is 1. The first kappa shape index (κ1) is 22.2. The van der Waals surface area contributed by atoms with Crippen LogP contribution in [0.1, 0.15) is 24.5 Å². The molecule has 1 heterocycles. The number of hydrogen-bond acceptors (Lipinski definition) is 5. The number of aliphatic hydroxyl groups excluding tert-OH is 1. The van der Waals surface area contributed by atoms with Crippen molar-refractivity contribution in [3.8, 4) is 5.75 Å². The Kier molecular flexibility index (Phi) is 7.06. The molecule has 2 N–H and O–H groups in total. The number of rotatable bonds is 7. The summed E-state index contributed by atoms with van der Waals surface area (Å²) in [6.45, 7) is 0.324. The standard InChI is InChI=1S/C21H25FN2O5S/c1-29-17-8-6-15(7-9-17)19(25)14-23-21(26)16-10-12-24(13-11-16)30(27,28)20-5-3-2-4-18(20)22/h2-9,16,19,25H,10-14H2,1H3,(H,23,26). The van der Waals surface area contributed by atoms with Crippen LogP contribution in [0.4, 0.5) is 4.39 Å². The molecule has 3 rings (SSSR count). The Morgan fingerprint density at radius 3 is 2.43 bits per heavy atom. The lowest BCUT2D eigenvalue weighted by Gasteiger charge is -2.30. The molecular weight excluding hydrogens is 411 g/mol. The monoisotopic (exact) mass is 436 g/mol. The minimum absolute atomic E-state index is 0.0545. The van der Waals surface area contributed by atoms with E-state index >= 15 is 0 Å². The first-order chi connectivity index (χ1) is 14.3. The maximum atomic E-state index is 13.9. The SMILES string of the molecule is COc1ccc(C(O)CNC(=O)C2CCN(S(=O)(=O)c3ccccc3F)CC2)cc1. The first-order valence-corrected chi connectivity index (χ1v) is 11.1. The van der Waals surface area contributed by atoms with Gasteiger partial charge in [0.2, 0.25) is 15.9 Å². The van der Waals surface area contributed by atoms with E-state index in [1.54, 1.807) is 31.4 Å². The highest BCUT2D eigenvalue weighted by atomic mass is 32.2. The van der Waals surface area contributed by atoms with Gasteiger partial charge in [0.15, 0.2) is 0 Å². The fourth-order valence-corrected chi connectivity index (χ4v) is 4.97. The van der Waals surface area contributed by atoms with Crippen molar-refractivity contribution in [2.75, 3.05) is 26.7 Å². The van der Waals surface area contributed by atoms with Crippen LogP contribution in [0.2, 0.25) is 0 Å². The zero-order valence-electron chi connectivity index (χ0n) is 16.6. The third-order valence-electron chi connectivity index (χ3n) is 5.25. The van der Waals surface area contributed by atoms with Crippen molar-refractivity contribution in [1.29, 1.82) is 0 Å². The molecular formula is C21H25FN2O5S. The summed E-state index contributed by atoms with van der Waals surface area (Å²) in [4.78, 5) is 12.1. The second kappa shape index (κ2) is 9.55. The van der Waals surface area contributed by atoms with Gasteiger partial charge in [-0.05, 0) is 42.7 Å². The topological polar surface area (TPSA) is 95.9 Å². The summed E-state index contributed by atoms with van der Waals surface area (Å²) in [6.07, 6.45) is -0.197. The largest absolute Gasteiger partial charge is 0.497 e. The first-order valence-electron chi connectivity index (χ1n) is 9.67. The van der Waals surface area contributed by atoms with Gasteiger partial charge in [-0.2, -0.15) is 4.31 Å². The van der Waals surface area contributed by atoms with Crippen LogP contribution in [-0.4, -0.2) is 50.5 Å². The van der Waals surface area contributed by atoms with Crippen LogP contribution >= 0.6 is 0 Å². The summed E-state index contributed by atoms with van der Waals surface area (Å²) in [5.74, 6) is -0.706. The van der Waals surface area contributed by atoms with E-state index in [1.807, 2.05) is 0 Å². The van der Waals surface area contributed by atoms with Crippen molar-refractivity contribution in [2.24, 2.45) is 5.92 Å². The zero-order valence-corrected chi connectivity index (χ0v) is 17.4. The van der Waals surface area contributed by atoms with Gasteiger partial charge < -0.3 is 15.2 Å². The van der Waals surface area contributed by atoms with E-state index < -0.39 is 21.9 Å². The molecule has 0 aromatic heterocycles. The highest BCUT2D eigenvalue weighted by Crippen LogP contribution is 2.25. The summed E-state index contributed by atoms with van der Waals surface area (Å²) in [5, 5.41) is 13.0. The molecule has 1 saturated heterocycles. The minimum atomic E-state index is -3.93. The molecule has 0 spiro atoms. The highest BCUT2D eigenvalue weighted by molar-refractivity contribution is 7.89. The molecule has 0 saturated carbocycles. The number of ether oxygens (including phenoxy) is 1. The molecule has 1 amide bonds. The van der Waals surface area contributed by atoms with E-state index in [0.29, 0.717) is 24.2 Å². The number of benzene rings is 2. The number of amides is 1. The second-order valence-electron chi connectivity index (χ2n) is 7.14. The summed E-state index contributed by atoms with van der Waals surface area (Å²) >= 11 is 0. The van der Waals surface area contributed by atoms with Gasteiger partial charge in [0.25, 0.3) is 0 Å². The fraction of sp³-hybridized carbons (Fsp3) is 0.381. The molecule has 1 unspecified atom stereocenters. The Morgan fingerprint density at radius 1 is 1.20 bits per heavy atom. The van der Waals surface area contributed by atoms with Gasteiger partial charge >= 0.3 is 0 Å². The number of nitrogens with one attached hydrogen (secondary N) is 1. The minimum Gasteiger partial charge on any atom is -0.497 e. The molecule has 1 aliphatic rings. The molecule has 1 aliphatic heterocycles. The number of hydrogen-bond donors (Lipinski definition) is 2. The smallest absolute Gasteiger partial charge is 0.245 e. The number of aliphatic hydroxyl groups is 1. The van der Waals surface area contributed by atoms with E-state index in [9.17, 15) is 22.7 Å². The van der Waals surface area contributed by atoms with Gasteiger partial charge in [0.1, 0.15) is 16.5 Å². The van der Waals surface area contributed by atoms with Gasteiger partial charge in [0.05, 0.1) is 13.2 Å². The van der Waals surface area contributed by atoms with Gasteiger partial charge in [-0.25, -0.2) is 12.8 Å². The predicted octanol–water partition coefficient (Wildman–Crippen LogP) is 2.08. The average Bonchev–Trinajstić information content (AvgIpc) is 2.77. The summed E-state index contributed by atoms with van der Waals surface area (Å²) in [6, 6.07) is 12.2. The van der Waals surface area contributed by atoms with Crippen LogP contribution < -0.4 is 10.1 Å². The Hall–Kier alpha value is -2.49. The van der Waals surface area contributed by atoms with Gasteiger partial charge in [-0.15, -0.1) is 0 Å². The zero-order chi connectivity index (χ0) is 21.7. The lowest BCUT2D eigenvalue weighted by atomic mass is 9.97. The number of halogens is 1. The number of methoxy groups -OCH3 is 1. The molecule has 9 heteroatoms. The third kappa shape index (κ3) is 4.97. The van der Waals surface area contributed by atoms with Crippen molar-refractivity contribution < 1.29 is 27.4 Å². The number of carbonyl (C=O) groups excluding carboxylic acids is 1. The van der Waals surface area contributed by atoms with E-state index in [2.05, 4.69) is 5.32 Å². The summed E-state index contributed by atoms with van der Waals surface area (Å²) in [7, 11) is -2.38. The Morgan fingerprint density at radius 2 is 1.83 bits per heavy atom. The average molecular weight is 437 g/mol. The Balaban J connectivity index is 1.52. The van der Waals surface area contributed by atoms with Crippen LogP contribution in [0.5, 0.6) is 5.75 Å². The maximum absolute atomic E-state index is 13.9. The Labute approximate surface area is 175 Å². The molecule has 7 nitrogen and oxygen atoms in total. The molecule has 2 aromatic rings. The van der Waals surface area contributed by atoms with E-state index in [-0.39, 0.29) is 36.4 Å². The summed E-state index contributed by atoms with van der Waals surface area (Å²) in [5.41, 5.74) is 0.655. The quantitative estimate of drug-likeness (QED) is 0.693. The Bertz CT molecular complexity index is 973.